The van der Waals surface area contributed by atoms with Crippen molar-refractivity contribution < 1.29 is 4.79 Å². The molecule has 0 unspecified atom stereocenters. The minimum Gasteiger partial charge on any atom is -0.350 e. The van der Waals surface area contributed by atoms with E-state index < -0.39 is 0 Å². The Balaban J connectivity index is 1.98. The molecular weight excluding hydrogens is 328 g/mol. The van der Waals surface area contributed by atoms with Gasteiger partial charge in [0.1, 0.15) is 5.69 Å². The van der Waals surface area contributed by atoms with Crippen LogP contribution in [0.1, 0.15) is 42.6 Å². The lowest BCUT2D eigenvalue weighted by Crippen LogP contribution is -2.40. The second kappa shape index (κ2) is 6.71. The van der Waals surface area contributed by atoms with Gasteiger partial charge in [0.2, 0.25) is 0 Å². The van der Waals surface area contributed by atoms with Gasteiger partial charge in [-0.2, -0.15) is 0 Å². The summed E-state index contributed by atoms with van der Waals surface area (Å²) in [5, 5.41) is 2.99. The van der Waals surface area contributed by atoms with Crippen LogP contribution in [0.3, 0.4) is 0 Å². The number of aromatic nitrogens is 1. The Morgan fingerprint density at radius 3 is 2.79 bits per heavy atom. The summed E-state index contributed by atoms with van der Waals surface area (Å²) in [5.74, 6) is 0.471. The highest BCUT2D eigenvalue weighted by molar-refractivity contribution is 9.10. The molecular formula is C14H18BrClN2O. The Kier molecular flexibility index (Phi) is 5.22. The lowest BCUT2D eigenvalue weighted by atomic mass is 9.75. The maximum Gasteiger partial charge on any atom is 0.271 e. The number of alkyl halides is 1. The molecule has 1 aliphatic carbocycles. The fraction of sp³-hybridized carbons (Fsp3) is 0.571. The predicted octanol–water partition coefficient (Wildman–Crippen LogP) is 3.76. The van der Waals surface area contributed by atoms with E-state index in [1.807, 2.05) is 6.07 Å². The van der Waals surface area contributed by atoms with Crippen LogP contribution in [-0.4, -0.2) is 23.3 Å². The number of hydrogen-bond donors (Lipinski definition) is 1. The Morgan fingerprint density at radius 1 is 1.42 bits per heavy atom. The average Bonchev–Trinajstić information content (AvgIpc) is 2.46. The van der Waals surface area contributed by atoms with Gasteiger partial charge >= 0.3 is 0 Å². The van der Waals surface area contributed by atoms with E-state index in [2.05, 4.69) is 26.2 Å². The van der Waals surface area contributed by atoms with Crippen molar-refractivity contribution in [1.82, 2.24) is 10.3 Å². The van der Waals surface area contributed by atoms with Gasteiger partial charge < -0.3 is 5.32 Å². The molecule has 0 radical (unpaired) electrons. The average molecular weight is 346 g/mol. The largest absolute Gasteiger partial charge is 0.350 e. The molecule has 0 bridgehead atoms. The number of hydrogen-bond acceptors (Lipinski definition) is 2. The summed E-state index contributed by atoms with van der Waals surface area (Å²) in [5.41, 5.74) is 0.500. The first kappa shape index (κ1) is 14.8. The highest BCUT2D eigenvalue weighted by Gasteiger charge is 2.31. The van der Waals surface area contributed by atoms with Crippen LogP contribution < -0.4 is 5.32 Å². The van der Waals surface area contributed by atoms with Crippen molar-refractivity contribution in [1.29, 1.82) is 0 Å². The minimum absolute atomic E-state index is 0.0662. The van der Waals surface area contributed by atoms with Crippen molar-refractivity contribution in [2.24, 2.45) is 5.41 Å². The molecule has 1 aromatic rings. The Bertz CT molecular complexity index is 447. The summed E-state index contributed by atoms with van der Waals surface area (Å²) >= 11 is 9.47. The van der Waals surface area contributed by atoms with Gasteiger partial charge in [-0.15, -0.1) is 11.6 Å². The summed E-state index contributed by atoms with van der Waals surface area (Å²) in [6, 6.07) is 3.61. The van der Waals surface area contributed by atoms with Crippen molar-refractivity contribution in [2.45, 2.75) is 32.1 Å². The number of carbonyl (C=O) groups excluding carboxylic acids is 1. The zero-order chi connectivity index (χ0) is 13.7. The first-order valence-electron chi connectivity index (χ1n) is 6.62. The predicted molar refractivity (Wildman–Crippen MR) is 80.5 cm³/mol. The topological polar surface area (TPSA) is 42.0 Å². The van der Waals surface area contributed by atoms with E-state index >= 15 is 0 Å². The van der Waals surface area contributed by atoms with Crippen molar-refractivity contribution in [3.05, 3.63) is 28.5 Å². The molecule has 1 heterocycles. The molecule has 0 aromatic carbocycles. The van der Waals surface area contributed by atoms with Crippen LogP contribution in [0, 0.1) is 5.41 Å². The highest BCUT2D eigenvalue weighted by atomic mass is 79.9. The van der Waals surface area contributed by atoms with Crippen LogP contribution in [0.15, 0.2) is 22.8 Å². The molecule has 0 spiro atoms. The van der Waals surface area contributed by atoms with Gasteiger partial charge in [0.15, 0.2) is 0 Å². The van der Waals surface area contributed by atoms with Gasteiger partial charge in [-0.05, 0) is 40.9 Å². The first-order valence-corrected chi connectivity index (χ1v) is 7.94. The van der Waals surface area contributed by atoms with E-state index in [1.165, 1.54) is 19.3 Å². The van der Waals surface area contributed by atoms with Gasteiger partial charge in [-0.3, -0.25) is 4.79 Å². The third kappa shape index (κ3) is 3.69. The Hall–Kier alpha value is -0.610. The number of carbonyl (C=O) groups is 1. The molecule has 0 aliphatic heterocycles. The number of nitrogens with one attached hydrogen (secondary N) is 1. The van der Waals surface area contributed by atoms with Gasteiger partial charge in [0.05, 0.1) is 0 Å². The van der Waals surface area contributed by atoms with Crippen molar-refractivity contribution in [3.63, 3.8) is 0 Å². The van der Waals surface area contributed by atoms with Gasteiger partial charge in [-0.25, -0.2) is 4.98 Å². The maximum atomic E-state index is 12.1. The van der Waals surface area contributed by atoms with E-state index in [0.717, 1.165) is 17.3 Å². The van der Waals surface area contributed by atoms with E-state index in [4.69, 9.17) is 11.6 Å². The summed E-state index contributed by atoms with van der Waals surface area (Å²) < 4.78 is 0.719. The molecule has 1 saturated carbocycles. The molecule has 1 aliphatic rings. The molecule has 5 heteroatoms. The quantitative estimate of drug-likeness (QED) is 0.844. The maximum absolute atomic E-state index is 12.1. The fourth-order valence-corrected chi connectivity index (χ4v) is 3.36. The highest BCUT2D eigenvalue weighted by Crippen LogP contribution is 2.36. The number of rotatable bonds is 4. The SMILES string of the molecule is O=C(NCC1(CCl)CCCCC1)c1ncccc1Br. The summed E-state index contributed by atoms with van der Waals surface area (Å²) in [7, 11) is 0. The molecule has 0 saturated heterocycles. The zero-order valence-electron chi connectivity index (χ0n) is 10.8. The number of pyridine rings is 1. The molecule has 2 rings (SSSR count). The lowest BCUT2D eigenvalue weighted by molar-refractivity contribution is 0.0915. The fourth-order valence-electron chi connectivity index (χ4n) is 2.56. The molecule has 1 amide bonds. The third-order valence-corrected chi connectivity index (χ3v) is 5.00. The summed E-state index contributed by atoms with van der Waals surface area (Å²) in [6.45, 7) is 0.637. The van der Waals surface area contributed by atoms with Crippen LogP contribution in [0.25, 0.3) is 0 Å². The first-order chi connectivity index (χ1) is 9.17. The van der Waals surface area contributed by atoms with Gasteiger partial charge in [-0.1, -0.05) is 19.3 Å². The van der Waals surface area contributed by atoms with Gasteiger partial charge in [0.25, 0.3) is 5.91 Å². The molecule has 0 atom stereocenters. The van der Waals surface area contributed by atoms with E-state index in [0.29, 0.717) is 18.1 Å². The minimum atomic E-state index is -0.137. The van der Waals surface area contributed by atoms with E-state index in [1.54, 1.807) is 12.3 Å². The van der Waals surface area contributed by atoms with Crippen LogP contribution in [0.5, 0.6) is 0 Å². The molecule has 1 fully saturated rings. The van der Waals surface area contributed by atoms with Crippen molar-refractivity contribution in [3.8, 4) is 0 Å². The lowest BCUT2D eigenvalue weighted by Gasteiger charge is -2.35. The standard InChI is InChI=1S/C14H18BrClN2O/c15-11-5-4-8-17-12(11)13(19)18-10-14(9-16)6-2-1-3-7-14/h4-5,8H,1-3,6-7,9-10H2,(H,18,19). The number of amides is 1. The van der Waals surface area contributed by atoms with Crippen LogP contribution in [0.2, 0.25) is 0 Å². The third-order valence-electron chi connectivity index (χ3n) is 3.80. The molecule has 3 nitrogen and oxygen atoms in total. The molecule has 19 heavy (non-hydrogen) atoms. The smallest absolute Gasteiger partial charge is 0.271 e. The summed E-state index contributed by atoms with van der Waals surface area (Å²) in [6.07, 6.45) is 7.50. The monoisotopic (exact) mass is 344 g/mol. The number of halogens is 2. The Morgan fingerprint density at radius 2 is 2.16 bits per heavy atom. The summed E-state index contributed by atoms with van der Waals surface area (Å²) in [4.78, 5) is 16.2. The zero-order valence-corrected chi connectivity index (χ0v) is 13.1. The van der Waals surface area contributed by atoms with Crippen LogP contribution >= 0.6 is 27.5 Å². The normalized spacial score (nSPS) is 18.0. The molecule has 1 aromatic heterocycles. The second-order valence-corrected chi connectivity index (χ2v) is 6.33. The van der Waals surface area contributed by atoms with Crippen molar-refractivity contribution >= 4 is 33.4 Å². The Labute approximate surface area is 127 Å². The van der Waals surface area contributed by atoms with Crippen LogP contribution in [-0.2, 0) is 0 Å². The molecule has 1 N–H and O–H groups in total. The van der Waals surface area contributed by atoms with E-state index in [-0.39, 0.29) is 11.3 Å². The van der Waals surface area contributed by atoms with E-state index in [9.17, 15) is 4.79 Å². The molecule has 104 valence electrons. The second-order valence-electron chi connectivity index (χ2n) is 5.21. The van der Waals surface area contributed by atoms with Crippen LogP contribution in [0.4, 0.5) is 0 Å². The van der Waals surface area contributed by atoms with Crippen molar-refractivity contribution in [2.75, 3.05) is 12.4 Å². The number of nitrogens with zero attached hydrogens (tertiary/aromatic N) is 1. The van der Waals surface area contributed by atoms with Gasteiger partial charge in [0, 0.05) is 28.5 Å².